The highest BCUT2D eigenvalue weighted by atomic mass is 16.5. The summed E-state index contributed by atoms with van der Waals surface area (Å²) in [5.41, 5.74) is 2.49. The fourth-order valence-electron chi connectivity index (χ4n) is 3.35. The standard InChI is InChI=1S/C18H26N2O/c1-21-17-7-8-18-15(12-17)11-16(20-18)9-10-19-13-14-5-3-2-4-6-14/h7-8,11-12,14,19-20H,2-6,9-10,13H2,1H3. The maximum absolute atomic E-state index is 5.27. The van der Waals surface area contributed by atoms with Crippen molar-refractivity contribution in [3.63, 3.8) is 0 Å². The molecule has 3 nitrogen and oxygen atoms in total. The second kappa shape index (κ2) is 6.99. The van der Waals surface area contributed by atoms with Crippen LogP contribution in [0.1, 0.15) is 37.8 Å². The molecule has 1 fully saturated rings. The van der Waals surface area contributed by atoms with E-state index in [2.05, 4.69) is 28.5 Å². The molecule has 1 aromatic heterocycles. The average molecular weight is 286 g/mol. The minimum absolute atomic E-state index is 0.908. The fraction of sp³-hybridized carbons (Fsp3) is 0.556. The molecule has 2 aromatic rings. The molecular weight excluding hydrogens is 260 g/mol. The molecule has 1 aliphatic carbocycles. The fourth-order valence-corrected chi connectivity index (χ4v) is 3.35. The number of hydrogen-bond donors (Lipinski definition) is 2. The van der Waals surface area contributed by atoms with Gasteiger partial charge in [-0.15, -0.1) is 0 Å². The van der Waals surface area contributed by atoms with Crippen molar-refractivity contribution in [1.82, 2.24) is 10.3 Å². The Bertz CT molecular complexity index is 570. The van der Waals surface area contributed by atoms with Crippen molar-refractivity contribution < 1.29 is 4.74 Å². The Hall–Kier alpha value is -1.48. The highest BCUT2D eigenvalue weighted by molar-refractivity contribution is 5.81. The third kappa shape index (κ3) is 3.79. The smallest absolute Gasteiger partial charge is 0.119 e. The van der Waals surface area contributed by atoms with Gasteiger partial charge in [-0.2, -0.15) is 0 Å². The van der Waals surface area contributed by atoms with Gasteiger partial charge < -0.3 is 15.0 Å². The van der Waals surface area contributed by atoms with Gasteiger partial charge in [-0.25, -0.2) is 0 Å². The first-order chi connectivity index (χ1) is 10.3. The van der Waals surface area contributed by atoms with Crippen LogP contribution in [0.4, 0.5) is 0 Å². The Morgan fingerprint density at radius 1 is 1.19 bits per heavy atom. The summed E-state index contributed by atoms with van der Waals surface area (Å²) in [6, 6.07) is 8.42. The molecule has 1 aliphatic rings. The largest absolute Gasteiger partial charge is 0.497 e. The van der Waals surface area contributed by atoms with Crippen LogP contribution in [0, 0.1) is 5.92 Å². The van der Waals surface area contributed by atoms with E-state index in [1.54, 1.807) is 7.11 Å². The second-order valence-electron chi connectivity index (χ2n) is 6.21. The van der Waals surface area contributed by atoms with Crippen molar-refractivity contribution >= 4 is 10.9 Å². The van der Waals surface area contributed by atoms with Gasteiger partial charge in [-0.3, -0.25) is 0 Å². The van der Waals surface area contributed by atoms with Gasteiger partial charge in [0.2, 0.25) is 0 Å². The first kappa shape index (κ1) is 14.5. The lowest BCUT2D eigenvalue weighted by molar-refractivity contribution is 0.343. The molecule has 0 bridgehead atoms. The zero-order valence-electron chi connectivity index (χ0n) is 13.0. The zero-order chi connectivity index (χ0) is 14.5. The lowest BCUT2D eigenvalue weighted by atomic mass is 9.89. The first-order valence-corrected chi connectivity index (χ1v) is 8.21. The molecule has 2 N–H and O–H groups in total. The number of aromatic nitrogens is 1. The summed E-state index contributed by atoms with van der Waals surface area (Å²) in [7, 11) is 1.71. The molecule has 0 saturated heterocycles. The van der Waals surface area contributed by atoms with E-state index >= 15 is 0 Å². The number of hydrogen-bond acceptors (Lipinski definition) is 2. The molecular formula is C18H26N2O. The highest BCUT2D eigenvalue weighted by Crippen LogP contribution is 2.23. The van der Waals surface area contributed by atoms with Crippen LogP contribution in [-0.4, -0.2) is 25.2 Å². The quantitative estimate of drug-likeness (QED) is 0.791. The van der Waals surface area contributed by atoms with Gasteiger partial charge >= 0.3 is 0 Å². The van der Waals surface area contributed by atoms with Crippen molar-refractivity contribution in [2.45, 2.75) is 38.5 Å². The van der Waals surface area contributed by atoms with Gasteiger partial charge in [0.05, 0.1) is 7.11 Å². The lowest BCUT2D eigenvalue weighted by Gasteiger charge is -2.21. The predicted octanol–water partition coefficient (Wildman–Crippen LogP) is 3.89. The first-order valence-electron chi connectivity index (χ1n) is 8.21. The number of ether oxygens (including phenoxy) is 1. The third-order valence-electron chi connectivity index (χ3n) is 4.61. The number of fused-ring (bicyclic) bond motifs is 1. The molecule has 0 radical (unpaired) electrons. The molecule has 0 aliphatic heterocycles. The lowest BCUT2D eigenvalue weighted by Crippen LogP contribution is -2.26. The molecule has 114 valence electrons. The Kier molecular flexibility index (Phi) is 4.81. The zero-order valence-corrected chi connectivity index (χ0v) is 13.0. The maximum atomic E-state index is 5.27. The summed E-state index contributed by atoms with van der Waals surface area (Å²) in [5.74, 6) is 1.83. The maximum Gasteiger partial charge on any atom is 0.119 e. The van der Waals surface area contributed by atoms with E-state index in [-0.39, 0.29) is 0 Å². The number of H-pyrrole nitrogens is 1. The van der Waals surface area contributed by atoms with Crippen molar-refractivity contribution in [3.8, 4) is 5.75 Å². The van der Waals surface area contributed by atoms with Crippen molar-refractivity contribution in [2.75, 3.05) is 20.2 Å². The van der Waals surface area contributed by atoms with Gasteiger partial charge in [0.1, 0.15) is 5.75 Å². The molecule has 0 spiro atoms. The van der Waals surface area contributed by atoms with Gasteiger partial charge in [-0.05, 0) is 56.0 Å². The summed E-state index contributed by atoms with van der Waals surface area (Å²) in [6.45, 7) is 2.24. The van der Waals surface area contributed by atoms with Gasteiger partial charge in [-0.1, -0.05) is 19.3 Å². The normalized spacial score (nSPS) is 16.4. The van der Waals surface area contributed by atoms with E-state index < -0.39 is 0 Å². The second-order valence-corrected chi connectivity index (χ2v) is 6.21. The van der Waals surface area contributed by atoms with E-state index in [0.717, 1.165) is 24.6 Å². The van der Waals surface area contributed by atoms with E-state index in [0.29, 0.717) is 0 Å². The summed E-state index contributed by atoms with van der Waals surface area (Å²) >= 11 is 0. The summed E-state index contributed by atoms with van der Waals surface area (Å²) < 4.78 is 5.27. The van der Waals surface area contributed by atoms with E-state index in [9.17, 15) is 0 Å². The summed E-state index contributed by atoms with van der Waals surface area (Å²) in [4.78, 5) is 3.49. The van der Waals surface area contributed by atoms with Crippen LogP contribution < -0.4 is 10.1 Å². The van der Waals surface area contributed by atoms with Gasteiger partial charge in [0.15, 0.2) is 0 Å². The monoisotopic (exact) mass is 286 g/mol. The molecule has 3 rings (SSSR count). The molecule has 0 atom stereocenters. The van der Waals surface area contributed by atoms with E-state index in [4.69, 9.17) is 4.74 Å². The molecule has 21 heavy (non-hydrogen) atoms. The van der Waals surface area contributed by atoms with E-state index in [1.165, 1.54) is 55.2 Å². The number of nitrogens with one attached hydrogen (secondary N) is 2. The van der Waals surface area contributed by atoms with Crippen molar-refractivity contribution in [1.29, 1.82) is 0 Å². The number of benzene rings is 1. The average Bonchev–Trinajstić information content (AvgIpc) is 2.94. The number of methoxy groups -OCH3 is 1. The number of rotatable bonds is 6. The summed E-state index contributed by atoms with van der Waals surface area (Å²) in [6.07, 6.45) is 8.18. The summed E-state index contributed by atoms with van der Waals surface area (Å²) in [5, 5.41) is 4.86. The van der Waals surface area contributed by atoms with Gasteiger partial charge in [0.25, 0.3) is 0 Å². The van der Waals surface area contributed by atoms with Crippen LogP contribution in [0.15, 0.2) is 24.3 Å². The number of aromatic amines is 1. The molecule has 0 unspecified atom stereocenters. The molecule has 0 amide bonds. The minimum Gasteiger partial charge on any atom is -0.497 e. The minimum atomic E-state index is 0.908. The SMILES string of the molecule is COc1ccc2[nH]c(CCNCC3CCCCC3)cc2c1. The Morgan fingerprint density at radius 3 is 2.86 bits per heavy atom. The van der Waals surface area contributed by atoms with Crippen LogP contribution in [0.5, 0.6) is 5.75 Å². The van der Waals surface area contributed by atoms with Crippen LogP contribution in [0.25, 0.3) is 10.9 Å². The van der Waals surface area contributed by atoms with Crippen molar-refractivity contribution in [2.24, 2.45) is 5.92 Å². The third-order valence-corrected chi connectivity index (χ3v) is 4.61. The topological polar surface area (TPSA) is 37.0 Å². The van der Waals surface area contributed by atoms with Crippen molar-refractivity contribution in [3.05, 3.63) is 30.0 Å². The molecule has 1 heterocycles. The Labute approximate surface area is 127 Å². The molecule has 3 heteroatoms. The van der Waals surface area contributed by atoms with Crippen LogP contribution in [0.3, 0.4) is 0 Å². The van der Waals surface area contributed by atoms with Crippen LogP contribution >= 0.6 is 0 Å². The predicted molar refractivity (Wildman–Crippen MR) is 88.0 cm³/mol. The molecule has 1 saturated carbocycles. The van der Waals surface area contributed by atoms with Crippen LogP contribution in [0.2, 0.25) is 0 Å². The van der Waals surface area contributed by atoms with Gasteiger partial charge in [0, 0.05) is 23.1 Å². The van der Waals surface area contributed by atoms with E-state index in [1.807, 2.05) is 6.07 Å². The molecule has 1 aromatic carbocycles. The van der Waals surface area contributed by atoms with Crippen LogP contribution in [-0.2, 0) is 6.42 Å². The highest BCUT2D eigenvalue weighted by Gasteiger charge is 2.12. The Morgan fingerprint density at radius 2 is 2.05 bits per heavy atom. The Balaban J connectivity index is 1.48.